The zero-order valence-electron chi connectivity index (χ0n) is 32.5. The van der Waals surface area contributed by atoms with Gasteiger partial charge in [0, 0.05) is 41.7 Å². The van der Waals surface area contributed by atoms with Crippen LogP contribution >= 0.6 is 11.6 Å². The minimum Gasteiger partial charge on any atom is -0.494 e. The highest BCUT2D eigenvalue weighted by atomic mass is 35.5. The maximum absolute atomic E-state index is 14.8. The lowest BCUT2D eigenvalue weighted by Crippen LogP contribution is -2.58. The first-order valence-electron chi connectivity index (χ1n) is 18.9. The molecule has 3 aromatic rings. The molecule has 1 aromatic heterocycles. The fourth-order valence-electron chi connectivity index (χ4n) is 6.90. The fourth-order valence-corrected chi connectivity index (χ4v) is 9.48. The summed E-state index contributed by atoms with van der Waals surface area (Å²) < 4.78 is 75.5. The first-order valence-corrected chi connectivity index (χ1v) is 21.6. The van der Waals surface area contributed by atoms with Crippen molar-refractivity contribution in [3.8, 4) is 11.6 Å². The lowest BCUT2D eigenvalue weighted by molar-refractivity contribution is -0.141. The number of amides is 3. The summed E-state index contributed by atoms with van der Waals surface area (Å²) in [7, 11) is -6.19. The minimum atomic E-state index is -3.94. The molecule has 2 heterocycles. The highest BCUT2D eigenvalue weighted by molar-refractivity contribution is 7.91. The van der Waals surface area contributed by atoms with Crippen LogP contribution in [0.25, 0.3) is 10.8 Å². The third-order valence-electron chi connectivity index (χ3n) is 10.2. The number of aromatic nitrogens is 1. The van der Waals surface area contributed by atoms with Gasteiger partial charge in [0.1, 0.15) is 29.5 Å². The molecule has 0 unspecified atom stereocenters. The van der Waals surface area contributed by atoms with Crippen molar-refractivity contribution in [1.82, 2.24) is 24.6 Å². The van der Waals surface area contributed by atoms with Gasteiger partial charge in [0.25, 0.3) is 5.91 Å². The van der Waals surface area contributed by atoms with E-state index in [1.165, 1.54) is 48.5 Å². The van der Waals surface area contributed by atoms with Crippen molar-refractivity contribution in [3.63, 3.8) is 0 Å². The number of ether oxygens (including phenoxy) is 2. The number of likely N-dealkylation sites (tertiary alicyclic amines) is 1. The van der Waals surface area contributed by atoms with Crippen molar-refractivity contribution in [2.24, 2.45) is 11.3 Å². The maximum atomic E-state index is 14.8. The highest BCUT2D eigenvalue weighted by Crippen LogP contribution is 2.46. The van der Waals surface area contributed by atoms with Crippen molar-refractivity contribution in [2.45, 2.75) is 87.2 Å². The Bertz CT molecular complexity index is 2290. The summed E-state index contributed by atoms with van der Waals surface area (Å²) in [6.07, 6.45) is 3.08. The van der Waals surface area contributed by atoms with Crippen LogP contribution in [0.2, 0.25) is 5.02 Å². The second kappa shape index (κ2) is 15.5. The number of hydrogen-bond acceptors (Lipinski definition) is 11. The maximum Gasteiger partial charge on any atom is 0.259 e. The zero-order chi connectivity index (χ0) is 41.5. The van der Waals surface area contributed by atoms with E-state index in [9.17, 15) is 31.2 Å². The molecule has 15 nitrogen and oxygen atoms in total. The summed E-state index contributed by atoms with van der Waals surface area (Å²) in [5, 5.41) is 6.89. The average molecular weight is 832 g/mol. The number of nitrogens with zero attached hydrogens (tertiary/aromatic N) is 2. The van der Waals surface area contributed by atoms with E-state index in [0.717, 1.165) is 0 Å². The van der Waals surface area contributed by atoms with E-state index in [-0.39, 0.29) is 43.6 Å². The van der Waals surface area contributed by atoms with E-state index >= 15 is 0 Å². The van der Waals surface area contributed by atoms with E-state index in [4.69, 9.17) is 22.4 Å². The molecule has 0 spiro atoms. The molecule has 5 atom stereocenters. The quantitative estimate of drug-likeness (QED) is 0.163. The minimum absolute atomic E-state index is 0.0237. The SMILES string of the molecule is [2H]CC(C)(C)[C@H](Nc1ccc(S(=O)(=O)NCC)cc1)C(=O)N1C[C@H](Oc2ncc(OC)c3ccc(Cl)cc23)C[C@H]1C(=O)N[C@]1(C(=O)NS(=O)(=O)C2CC2)C[C@H]1C=C. The third-order valence-corrected chi connectivity index (χ3v) is 13.8. The molecular formula is C38H47ClN6O9S2. The molecule has 1 aliphatic heterocycles. The average Bonchev–Trinajstić information content (AvgIpc) is 4.10. The summed E-state index contributed by atoms with van der Waals surface area (Å²) in [5.74, 6) is -2.07. The van der Waals surface area contributed by atoms with Crippen LogP contribution in [0.4, 0.5) is 5.69 Å². The van der Waals surface area contributed by atoms with Gasteiger partial charge in [-0.2, -0.15) is 0 Å². The fraction of sp³-hybridized carbons (Fsp3) is 0.474. The van der Waals surface area contributed by atoms with Crippen LogP contribution in [0.15, 0.2) is 66.2 Å². The topological polar surface area (TPSA) is 202 Å². The van der Waals surface area contributed by atoms with E-state index in [0.29, 0.717) is 40.1 Å². The van der Waals surface area contributed by atoms with Gasteiger partial charge in [0.2, 0.25) is 37.7 Å². The van der Waals surface area contributed by atoms with Crippen LogP contribution in [-0.4, -0.2) is 93.6 Å². The van der Waals surface area contributed by atoms with Gasteiger partial charge in [0.05, 0.1) is 30.0 Å². The summed E-state index contributed by atoms with van der Waals surface area (Å²) in [5.41, 5.74) is -2.24. The van der Waals surface area contributed by atoms with Gasteiger partial charge >= 0.3 is 0 Å². The molecule has 3 fully saturated rings. The molecular weight excluding hydrogens is 784 g/mol. The first kappa shape index (κ1) is 39.8. The van der Waals surface area contributed by atoms with Crippen LogP contribution in [0.5, 0.6) is 11.6 Å². The van der Waals surface area contributed by atoms with Gasteiger partial charge in [-0.1, -0.05) is 45.3 Å². The van der Waals surface area contributed by atoms with Gasteiger partial charge in [-0.25, -0.2) is 26.5 Å². The second-order valence-electron chi connectivity index (χ2n) is 15.1. The van der Waals surface area contributed by atoms with Crippen molar-refractivity contribution < 1.29 is 42.1 Å². The molecule has 6 rings (SSSR count). The number of nitrogens with one attached hydrogen (secondary N) is 4. The van der Waals surface area contributed by atoms with E-state index < -0.39 is 78.1 Å². The molecule has 0 radical (unpaired) electrons. The molecule has 4 N–H and O–H groups in total. The van der Waals surface area contributed by atoms with Crippen LogP contribution in [0.1, 0.15) is 54.7 Å². The Kier molecular flexibility index (Phi) is 11.0. The predicted molar refractivity (Wildman–Crippen MR) is 211 cm³/mol. The van der Waals surface area contributed by atoms with Crippen molar-refractivity contribution in [1.29, 1.82) is 0 Å². The Morgan fingerprint density at radius 1 is 1.14 bits per heavy atom. The Hall–Kier alpha value is -4.45. The highest BCUT2D eigenvalue weighted by Gasteiger charge is 2.62. The molecule has 2 saturated carbocycles. The molecule has 2 aliphatic carbocycles. The van der Waals surface area contributed by atoms with Crippen LogP contribution in [0.3, 0.4) is 0 Å². The number of anilines is 1. The third kappa shape index (κ3) is 8.45. The zero-order valence-corrected chi connectivity index (χ0v) is 33.9. The molecule has 1 saturated heterocycles. The molecule has 0 bridgehead atoms. The number of fused-ring (bicyclic) bond motifs is 1. The molecule has 3 amide bonds. The molecule has 2 aromatic carbocycles. The summed E-state index contributed by atoms with van der Waals surface area (Å²) in [4.78, 5) is 48.6. The summed E-state index contributed by atoms with van der Waals surface area (Å²) in [6.45, 7) is 8.74. The number of hydrogen-bond donors (Lipinski definition) is 4. The number of benzene rings is 2. The van der Waals surface area contributed by atoms with Crippen molar-refractivity contribution in [2.75, 3.05) is 25.5 Å². The molecule has 302 valence electrons. The summed E-state index contributed by atoms with van der Waals surface area (Å²) >= 11 is 6.35. The summed E-state index contributed by atoms with van der Waals surface area (Å²) in [6, 6.07) is 8.59. The van der Waals surface area contributed by atoms with Crippen molar-refractivity contribution >= 4 is 65.8 Å². The molecule has 56 heavy (non-hydrogen) atoms. The van der Waals surface area contributed by atoms with Crippen LogP contribution < -0.4 is 29.6 Å². The number of carbonyl (C=O) groups excluding carboxylic acids is 3. The number of rotatable bonds is 15. The smallest absolute Gasteiger partial charge is 0.259 e. The second-order valence-corrected chi connectivity index (χ2v) is 19.2. The van der Waals surface area contributed by atoms with Gasteiger partial charge in [-0.15, -0.1) is 6.58 Å². The lowest BCUT2D eigenvalue weighted by Gasteiger charge is -2.36. The van der Waals surface area contributed by atoms with Crippen molar-refractivity contribution in [3.05, 3.63) is 66.3 Å². The largest absolute Gasteiger partial charge is 0.494 e. The normalized spacial score (nSPS) is 23.1. The Labute approximate surface area is 333 Å². The van der Waals surface area contributed by atoms with E-state index in [1.54, 1.807) is 39.0 Å². The van der Waals surface area contributed by atoms with Crippen LogP contribution in [0, 0.1) is 11.3 Å². The van der Waals surface area contributed by atoms with Gasteiger partial charge in [-0.3, -0.25) is 19.1 Å². The Morgan fingerprint density at radius 3 is 2.46 bits per heavy atom. The van der Waals surface area contributed by atoms with E-state index in [2.05, 4.69) is 31.6 Å². The predicted octanol–water partition coefficient (Wildman–Crippen LogP) is 3.74. The number of pyridine rings is 1. The van der Waals surface area contributed by atoms with Crippen LogP contribution in [-0.2, 0) is 34.4 Å². The standard InChI is InChI=1S/C38H47ClN6O9S2/c1-7-22-19-38(22,36(48)44-56(51,52)27-14-15-27)43-33(46)30-18-25(54-34-29-17-23(39)9-16-28(29)31(53-6)20-40-34)21-45(30)35(47)32(37(3,4)5)42-24-10-12-26(13-11-24)55(49,50)41-8-2/h7,9-13,16-17,20,22,25,27,30,32,41-42H,1,8,14-15,18-19,21H2,2-6H3,(H,43,46)(H,44,48)/t22-,25-,30+,32-,38-/m1/s1/i3D. The Balaban J connectivity index is 1.33. The van der Waals surface area contributed by atoms with Gasteiger partial charge in [0.15, 0.2) is 0 Å². The van der Waals surface area contributed by atoms with Gasteiger partial charge < -0.3 is 25.0 Å². The number of halogens is 1. The van der Waals surface area contributed by atoms with E-state index in [1.807, 2.05) is 0 Å². The Morgan fingerprint density at radius 2 is 1.86 bits per heavy atom. The number of carbonyl (C=O) groups is 3. The monoisotopic (exact) mass is 831 g/mol. The molecule has 18 heteroatoms. The number of sulfonamides is 2. The van der Waals surface area contributed by atoms with Gasteiger partial charge in [-0.05, 0) is 67.1 Å². The number of methoxy groups -OCH3 is 1. The molecule has 3 aliphatic rings. The first-order chi connectivity index (χ1) is 26.9. The lowest BCUT2D eigenvalue weighted by atomic mass is 9.85.